The van der Waals surface area contributed by atoms with E-state index < -0.39 is 9.84 Å². The van der Waals surface area contributed by atoms with Gasteiger partial charge in [-0.2, -0.15) is 0 Å². The number of nitrogens with zero attached hydrogens (tertiary/aromatic N) is 2. The van der Waals surface area contributed by atoms with Gasteiger partial charge in [0.2, 0.25) is 5.91 Å². The zero-order chi connectivity index (χ0) is 15.0. The highest BCUT2D eigenvalue weighted by atomic mass is 32.2. The van der Waals surface area contributed by atoms with Crippen LogP contribution in [0.1, 0.15) is 39.0 Å². The third-order valence-electron chi connectivity index (χ3n) is 5.04. The van der Waals surface area contributed by atoms with Crippen LogP contribution < -0.4 is 0 Å². The molecular formula is C15H26N2O3S. The second-order valence-electron chi connectivity index (χ2n) is 7.03. The summed E-state index contributed by atoms with van der Waals surface area (Å²) in [5.74, 6) is -0.0572. The van der Waals surface area contributed by atoms with Crippen molar-refractivity contribution in [3.05, 3.63) is 0 Å². The first-order valence-electron chi connectivity index (χ1n) is 8.19. The number of carbonyl (C=O) groups is 1. The van der Waals surface area contributed by atoms with E-state index in [1.165, 1.54) is 19.3 Å². The number of hydrogen-bond acceptors (Lipinski definition) is 4. The van der Waals surface area contributed by atoms with E-state index in [-0.39, 0.29) is 16.9 Å². The Balaban J connectivity index is 1.58. The second kappa shape index (κ2) is 5.88. The fourth-order valence-electron chi connectivity index (χ4n) is 3.38. The number of carbonyl (C=O) groups excluding carboxylic acids is 1. The van der Waals surface area contributed by atoms with Crippen LogP contribution in [0.5, 0.6) is 0 Å². The van der Waals surface area contributed by atoms with E-state index in [2.05, 4.69) is 11.8 Å². The molecule has 1 atom stereocenters. The summed E-state index contributed by atoms with van der Waals surface area (Å²) in [4.78, 5) is 16.6. The van der Waals surface area contributed by atoms with Crippen LogP contribution in [-0.4, -0.2) is 67.3 Å². The van der Waals surface area contributed by atoms with Gasteiger partial charge >= 0.3 is 0 Å². The molecule has 0 aromatic rings. The lowest BCUT2D eigenvalue weighted by Gasteiger charge is -2.37. The molecule has 0 bridgehead atoms. The van der Waals surface area contributed by atoms with E-state index in [0.29, 0.717) is 25.0 Å². The fourth-order valence-corrected chi connectivity index (χ4v) is 5.00. The minimum atomic E-state index is -3.19. The summed E-state index contributed by atoms with van der Waals surface area (Å²) in [5, 5.41) is -0.239. The highest BCUT2D eigenvalue weighted by molar-refractivity contribution is 7.93. The average Bonchev–Trinajstić information content (AvgIpc) is 3.13. The molecule has 6 heteroatoms. The molecule has 0 radical (unpaired) electrons. The number of rotatable bonds is 4. The van der Waals surface area contributed by atoms with Crippen LogP contribution in [0.4, 0.5) is 0 Å². The molecule has 5 nitrogen and oxygen atoms in total. The number of amides is 1. The van der Waals surface area contributed by atoms with E-state index >= 15 is 0 Å². The molecule has 3 aliphatic rings. The third kappa shape index (κ3) is 3.59. The number of sulfone groups is 1. The predicted molar refractivity (Wildman–Crippen MR) is 81.8 cm³/mol. The van der Waals surface area contributed by atoms with Gasteiger partial charge in [0.05, 0.1) is 5.25 Å². The largest absolute Gasteiger partial charge is 0.340 e. The van der Waals surface area contributed by atoms with Gasteiger partial charge in [0.15, 0.2) is 9.84 Å². The Morgan fingerprint density at radius 1 is 1.10 bits per heavy atom. The molecule has 120 valence electrons. The van der Waals surface area contributed by atoms with Crippen molar-refractivity contribution in [2.45, 2.75) is 50.3 Å². The van der Waals surface area contributed by atoms with Crippen molar-refractivity contribution < 1.29 is 13.2 Å². The Kier molecular flexibility index (Phi) is 4.28. The van der Waals surface area contributed by atoms with Gasteiger partial charge in [-0.1, -0.05) is 13.3 Å². The molecule has 21 heavy (non-hydrogen) atoms. The van der Waals surface area contributed by atoms with Crippen LogP contribution in [0.25, 0.3) is 0 Å². The van der Waals surface area contributed by atoms with Crippen molar-refractivity contribution in [1.29, 1.82) is 0 Å². The lowest BCUT2D eigenvalue weighted by molar-refractivity contribution is -0.128. The van der Waals surface area contributed by atoms with Crippen molar-refractivity contribution in [3.8, 4) is 0 Å². The molecule has 1 saturated heterocycles. The van der Waals surface area contributed by atoms with Gasteiger partial charge in [-0.3, -0.25) is 9.69 Å². The summed E-state index contributed by atoms with van der Waals surface area (Å²) in [6, 6.07) is 0.692. The first-order chi connectivity index (χ1) is 9.95. The third-order valence-corrected chi connectivity index (χ3v) is 7.17. The SMILES string of the molecule is CC1CN(C(=O)CS(=O)(=O)C2CC2)CCN(C2CCC2)C1. The van der Waals surface area contributed by atoms with Gasteiger partial charge in [0, 0.05) is 32.2 Å². The molecule has 1 aliphatic heterocycles. The minimum Gasteiger partial charge on any atom is -0.340 e. The van der Waals surface area contributed by atoms with Crippen LogP contribution in [0.2, 0.25) is 0 Å². The van der Waals surface area contributed by atoms with Crippen LogP contribution >= 0.6 is 0 Å². The Hall–Kier alpha value is -0.620. The minimum absolute atomic E-state index is 0.191. The van der Waals surface area contributed by atoms with Crippen LogP contribution in [0.3, 0.4) is 0 Å². The lowest BCUT2D eigenvalue weighted by Crippen LogP contribution is -2.43. The molecule has 0 aromatic heterocycles. The second-order valence-corrected chi connectivity index (χ2v) is 9.31. The maximum atomic E-state index is 12.3. The summed E-state index contributed by atoms with van der Waals surface area (Å²) in [6.45, 7) is 5.46. The van der Waals surface area contributed by atoms with E-state index in [1.807, 2.05) is 0 Å². The average molecular weight is 314 g/mol. The van der Waals surface area contributed by atoms with Crippen molar-refractivity contribution in [2.75, 3.05) is 31.9 Å². The van der Waals surface area contributed by atoms with E-state index in [0.717, 1.165) is 25.9 Å². The molecule has 1 heterocycles. The first-order valence-corrected chi connectivity index (χ1v) is 9.90. The monoisotopic (exact) mass is 314 g/mol. The molecule has 0 aromatic carbocycles. The Bertz CT molecular complexity index is 497. The van der Waals surface area contributed by atoms with Crippen LogP contribution in [0, 0.1) is 5.92 Å². The summed E-state index contributed by atoms with van der Waals surface area (Å²) < 4.78 is 24.0. The highest BCUT2D eigenvalue weighted by Gasteiger charge is 2.38. The normalized spacial score (nSPS) is 29.0. The molecular weight excluding hydrogens is 288 g/mol. The van der Waals surface area contributed by atoms with Gasteiger partial charge in [0.1, 0.15) is 5.75 Å². The zero-order valence-electron chi connectivity index (χ0n) is 12.8. The first kappa shape index (κ1) is 15.3. The molecule has 2 aliphatic carbocycles. The summed E-state index contributed by atoms with van der Waals surface area (Å²) in [7, 11) is -3.19. The number of hydrogen-bond donors (Lipinski definition) is 0. The van der Waals surface area contributed by atoms with Gasteiger partial charge in [-0.15, -0.1) is 0 Å². The van der Waals surface area contributed by atoms with Gasteiger partial charge in [-0.05, 0) is 31.6 Å². The quantitative estimate of drug-likeness (QED) is 0.773. The van der Waals surface area contributed by atoms with Crippen molar-refractivity contribution in [3.63, 3.8) is 0 Å². The lowest BCUT2D eigenvalue weighted by atomic mass is 9.91. The van der Waals surface area contributed by atoms with Crippen LogP contribution in [-0.2, 0) is 14.6 Å². The highest BCUT2D eigenvalue weighted by Crippen LogP contribution is 2.29. The summed E-state index contributed by atoms with van der Waals surface area (Å²) in [5.41, 5.74) is 0. The summed E-state index contributed by atoms with van der Waals surface area (Å²) >= 11 is 0. The Labute approximate surface area is 127 Å². The molecule has 1 unspecified atom stereocenters. The van der Waals surface area contributed by atoms with E-state index in [4.69, 9.17) is 0 Å². The molecule has 2 saturated carbocycles. The summed E-state index contributed by atoms with van der Waals surface area (Å²) in [6.07, 6.45) is 5.34. The van der Waals surface area contributed by atoms with Crippen LogP contribution in [0.15, 0.2) is 0 Å². The van der Waals surface area contributed by atoms with Gasteiger partial charge in [-0.25, -0.2) is 8.42 Å². The van der Waals surface area contributed by atoms with Gasteiger partial charge < -0.3 is 4.90 Å². The van der Waals surface area contributed by atoms with Crippen molar-refractivity contribution in [1.82, 2.24) is 9.80 Å². The fraction of sp³-hybridized carbons (Fsp3) is 0.933. The molecule has 3 fully saturated rings. The van der Waals surface area contributed by atoms with E-state index in [1.54, 1.807) is 4.90 Å². The smallest absolute Gasteiger partial charge is 0.237 e. The standard InChI is InChI=1S/C15H26N2O3S/c1-12-9-16(13-3-2-4-13)7-8-17(10-12)15(18)11-21(19,20)14-5-6-14/h12-14H,2-11H2,1H3. The molecule has 1 amide bonds. The molecule has 0 spiro atoms. The maximum absolute atomic E-state index is 12.3. The zero-order valence-corrected chi connectivity index (χ0v) is 13.6. The Morgan fingerprint density at radius 2 is 1.81 bits per heavy atom. The van der Waals surface area contributed by atoms with E-state index in [9.17, 15) is 13.2 Å². The van der Waals surface area contributed by atoms with Gasteiger partial charge in [0.25, 0.3) is 0 Å². The maximum Gasteiger partial charge on any atom is 0.237 e. The topological polar surface area (TPSA) is 57.7 Å². The predicted octanol–water partition coefficient (Wildman–Crippen LogP) is 0.896. The molecule has 3 rings (SSSR count). The van der Waals surface area contributed by atoms with Crippen molar-refractivity contribution >= 4 is 15.7 Å². The Morgan fingerprint density at radius 3 is 2.38 bits per heavy atom. The van der Waals surface area contributed by atoms with Crippen molar-refractivity contribution in [2.24, 2.45) is 5.92 Å². The molecule has 0 N–H and O–H groups in total.